The SMILES string of the molecule is CC(C)c1cccc(C(C)C)c1N.Cc1ccc(-c2ccc3cccc(Br)c3n2)s1.Cc1ccc(-c2ccc3cccc(Nc4c(C(C)C)cccc4C(C)C)c3n2)s1. The van der Waals surface area contributed by atoms with Gasteiger partial charge in [0.1, 0.15) is 0 Å². The predicted octanol–water partition coefficient (Wildman–Crippen LogP) is 16.8. The number of nitrogens with one attached hydrogen (secondary N) is 1. The topological polar surface area (TPSA) is 63.8 Å². The largest absolute Gasteiger partial charge is 0.398 e. The molecule has 8 aromatic rings. The number of nitrogens with two attached hydrogens (primary N) is 1. The molecule has 4 nitrogen and oxygen atoms in total. The lowest BCUT2D eigenvalue weighted by molar-refractivity contribution is 0.838. The van der Waals surface area contributed by atoms with Gasteiger partial charge in [-0.2, -0.15) is 0 Å². The van der Waals surface area contributed by atoms with E-state index in [0.717, 1.165) is 49.0 Å². The Morgan fingerprint density at radius 3 is 1.37 bits per heavy atom. The third-order valence-electron chi connectivity index (χ3n) is 10.4. The summed E-state index contributed by atoms with van der Waals surface area (Å²) in [7, 11) is 0. The fourth-order valence-corrected chi connectivity index (χ4v) is 9.36. The molecule has 4 aromatic heterocycles. The Bertz CT molecular complexity index is 2620. The number of rotatable bonds is 8. The highest BCUT2D eigenvalue weighted by Crippen LogP contribution is 2.37. The lowest BCUT2D eigenvalue weighted by Gasteiger charge is -2.21. The summed E-state index contributed by atoms with van der Waals surface area (Å²) in [6.07, 6.45) is 0. The molecule has 0 fully saturated rings. The molecule has 0 amide bonds. The Hall–Kier alpha value is -4.82. The van der Waals surface area contributed by atoms with Gasteiger partial charge in [0.25, 0.3) is 0 Å². The van der Waals surface area contributed by atoms with E-state index < -0.39 is 0 Å². The summed E-state index contributed by atoms with van der Waals surface area (Å²) in [5, 5.41) is 6.09. The number of aryl methyl sites for hydroxylation is 2. The van der Waals surface area contributed by atoms with Crippen LogP contribution in [0.1, 0.15) is 111 Å². The van der Waals surface area contributed by atoms with Gasteiger partial charge >= 0.3 is 0 Å². The van der Waals surface area contributed by atoms with Crippen LogP contribution in [0.2, 0.25) is 0 Å². The molecule has 0 saturated heterocycles. The summed E-state index contributed by atoms with van der Waals surface area (Å²) in [6, 6.07) is 42.6. The quantitative estimate of drug-likeness (QED) is 0.149. The van der Waals surface area contributed by atoms with E-state index in [1.807, 2.05) is 12.1 Å². The van der Waals surface area contributed by atoms with Gasteiger partial charge in [-0.15, -0.1) is 22.7 Å². The summed E-state index contributed by atoms with van der Waals surface area (Å²) in [6.45, 7) is 22.0. The van der Waals surface area contributed by atoms with Crippen LogP contribution in [0.3, 0.4) is 0 Å². The molecule has 59 heavy (non-hydrogen) atoms. The highest BCUT2D eigenvalue weighted by Gasteiger charge is 2.16. The number of nitrogen functional groups attached to an aromatic ring is 1. The third-order valence-corrected chi connectivity index (χ3v) is 13.1. The standard InChI is InChI=1S/C26H28N2S.C14H10BrNS.C12H19N/c1-16(2)20-9-7-10-21(17(3)4)26(20)28-23-11-6-8-19-13-14-22(27-25(19)23)24-15-12-18(5)29-24;1-9-5-8-13(17-9)12-7-6-10-3-2-4-11(15)14(10)16-12;1-8(2)10-6-5-7-11(9(3)4)12(10)13/h6-17,28H,1-5H3;2-8H,1H3;5-9H,13H2,1-4H3. The van der Waals surface area contributed by atoms with Gasteiger partial charge in [0.05, 0.1) is 37.9 Å². The zero-order valence-electron chi connectivity index (χ0n) is 36.0. The van der Waals surface area contributed by atoms with E-state index in [1.54, 1.807) is 22.7 Å². The molecule has 3 N–H and O–H groups in total. The molecule has 0 atom stereocenters. The van der Waals surface area contributed by atoms with Crippen molar-refractivity contribution in [3.05, 3.63) is 158 Å². The number of aromatic nitrogens is 2. The maximum atomic E-state index is 6.09. The molecule has 0 aliphatic carbocycles. The van der Waals surface area contributed by atoms with Gasteiger partial charge in [0.2, 0.25) is 0 Å². The van der Waals surface area contributed by atoms with Gasteiger partial charge in [-0.25, -0.2) is 9.97 Å². The van der Waals surface area contributed by atoms with Crippen molar-refractivity contribution in [3.8, 4) is 21.1 Å². The smallest absolute Gasteiger partial charge is 0.0944 e. The number of nitrogens with zero attached hydrogens (tertiary/aromatic N) is 2. The first kappa shape index (κ1) is 43.8. The Morgan fingerprint density at radius 1 is 0.492 bits per heavy atom. The van der Waals surface area contributed by atoms with Crippen LogP contribution in [0.15, 0.2) is 126 Å². The van der Waals surface area contributed by atoms with Crippen LogP contribution in [0.25, 0.3) is 42.9 Å². The molecule has 0 bridgehead atoms. The van der Waals surface area contributed by atoms with Crippen LogP contribution >= 0.6 is 38.6 Å². The average molecular weight is 882 g/mol. The monoisotopic (exact) mass is 880 g/mol. The molecule has 0 spiro atoms. The van der Waals surface area contributed by atoms with Crippen LogP contribution in [0.4, 0.5) is 17.1 Å². The fourth-order valence-electron chi connectivity index (χ4n) is 7.22. The molecule has 0 saturated carbocycles. The van der Waals surface area contributed by atoms with E-state index >= 15 is 0 Å². The third kappa shape index (κ3) is 10.5. The van der Waals surface area contributed by atoms with Gasteiger partial charge in [0, 0.05) is 36.4 Å². The van der Waals surface area contributed by atoms with Crippen molar-refractivity contribution < 1.29 is 0 Å². The first-order chi connectivity index (χ1) is 28.2. The maximum absolute atomic E-state index is 6.09. The lowest BCUT2D eigenvalue weighted by atomic mass is 9.92. The van der Waals surface area contributed by atoms with Crippen molar-refractivity contribution in [2.24, 2.45) is 0 Å². The van der Waals surface area contributed by atoms with E-state index in [4.69, 9.17) is 15.7 Å². The van der Waals surface area contributed by atoms with Crippen LogP contribution in [-0.4, -0.2) is 9.97 Å². The van der Waals surface area contributed by atoms with Gasteiger partial charge < -0.3 is 11.1 Å². The van der Waals surface area contributed by atoms with Crippen LogP contribution in [-0.2, 0) is 0 Å². The fraction of sp³-hybridized carbons (Fsp3) is 0.269. The number of pyridine rings is 2. The Morgan fingerprint density at radius 2 is 0.915 bits per heavy atom. The minimum absolute atomic E-state index is 0.448. The van der Waals surface area contributed by atoms with Crippen molar-refractivity contribution >= 4 is 77.5 Å². The number of thiophene rings is 2. The van der Waals surface area contributed by atoms with Gasteiger partial charge in [-0.05, 0) is 124 Å². The van der Waals surface area contributed by atoms with Gasteiger partial charge in [0.15, 0.2) is 0 Å². The Balaban J connectivity index is 0.000000165. The number of halogens is 1. The van der Waals surface area contributed by atoms with E-state index in [1.165, 1.54) is 47.4 Å². The number of benzene rings is 4. The van der Waals surface area contributed by atoms with Gasteiger partial charge in [-0.1, -0.05) is 128 Å². The summed E-state index contributed by atoms with van der Waals surface area (Å²) < 4.78 is 1.05. The molecule has 304 valence electrons. The molecular formula is C52H57BrN4S2. The molecule has 4 heterocycles. The molecule has 0 aliphatic heterocycles. The Kier molecular flexibility index (Phi) is 14.5. The zero-order valence-corrected chi connectivity index (χ0v) is 39.2. The van der Waals surface area contributed by atoms with E-state index in [0.29, 0.717) is 23.7 Å². The summed E-state index contributed by atoms with van der Waals surface area (Å²) in [5.41, 5.74) is 18.7. The van der Waals surface area contributed by atoms with E-state index in [9.17, 15) is 0 Å². The van der Waals surface area contributed by atoms with E-state index in [-0.39, 0.29) is 0 Å². The first-order valence-electron chi connectivity index (χ1n) is 20.6. The lowest BCUT2D eigenvalue weighted by Crippen LogP contribution is -2.04. The first-order valence-corrected chi connectivity index (χ1v) is 23.0. The second-order valence-electron chi connectivity index (χ2n) is 16.3. The van der Waals surface area contributed by atoms with Crippen molar-refractivity contribution in [3.63, 3.8) is 0 Å². The van der Waals surface area contributed by atoms with Gasteiger partial charge in [-0.3, -0.25) is 0 Å². The summed E-state index contributed by atoms with van der Waals surface area (Å²) in [5.74, 6) is 1.92. The minimum atomic E-state index is 0.448. The molecular weight excluding hydrogens is 825 g/mol. The number of para-hydroxylation sites is 4. The minimum Gasteiger partial charge on any atom is -0.398 e. The van der Waals surface area contributed by atoms with Crippen LogP contribution in [0.5, 0.6) is 0 Å². The number of hydrogen-bond acceptors (Lipinski definition) is 6. The molecule has 0 aliphatic rings. The molecule has 4 aromatic carbocycles. The second kappa shape index (κ2) is 19.5. The van der Waals surface area contributed by atoms with Crippen molar-refractivity contribution in [2.75, 3.05) is 11.1 Å². The summed E-state index contributed by atoms with van der Waals surface area (Å²) >= 11 is 7.12. The van der Waals surface area contributed by atoms with Crippen LogP contribution in [0, 0.1) is 13.8 Å². The molecule has 0 unspecified atom stereocenters. The molecule has 7 heteroatoms. The van der Waals surface area contributed by atoms with E-state index in [2.05, 4.69) is 200 Å². The highest BCUT2D eigenvalue weighted by molar-refractivity contribution is 9.10. The zero-order chi connectivity index (χ0) is 42.4. The number of fused-ring (bicyclic) bond motifs is 2. The number of hydrogen-bond donors (Lipinski definition) is 2. The van der Waals surface area contributed by atoms with Crippen LogP contribution < -0.4 is 11.1 Å². The van der Waals surface area contributed by atoms with Crippen molar-refractivity contribution in [1.82, 2.24) is 9.97 Å². The van der Waals surface area contributed by atoms with Crippen molar-refractivity contribution in [2.45, 2.75) is 92.9 Å². The molecule has 8 rings (SSSR count). The second-order valence-corrected chi connectivity index (χ2v) is 19.7. The maximum Gasteiger partial charge on any atom is 0.0944 e. The average Bonchev–Trinajstić information content (AvgIpc) is 3.86. The van der Waals surface area contributed by atoms with Crippen molar-refractivity contribution in [1.29, 1.82) is 0 Å². The normalized spacial score (nSPS) is 11.3. The molecule has 0 radical (unpaired) electrons. The Labute approximate surface area is 368 Å². The highest BCUT2D eigenvalue weighted by atomic mass is 79.9. The predicted molar refractivity (Wildman–Crippen MR) is 264 cm³/mol. The number of anilines is 3. The summed E-state index contributed by atoms with van der Waals surface area (Å²) in [4.78, 5) is 14.8.